The number of rotatable bonds is 1. The Morgan fingerprint density at radius 1 is 0.808 bits per heavy atom. The van der Waals surface area contributed by atoms with Crippen LogP contribution in [0.1, 0.15) is 49.1 Å². The lowest BCUT2D eigenvalue weighted by atomic mass is 9.71. The molecule has 0 fully saturated rings. The third-order valence-corrected chi connectivity index (χ3v) is 6.25. The van der Waals surface area contributed by atoms with Gasteiger partial charge in [-0.1, -0.05) is 68.4 Å². The maximum absolute atomic E-state index is 5.33. The van der Waals surface area contributed by atoms with E-state index in [2.05, 4.69) is 68.4 Å². The van der Waals surface area contributed by atoms with Crippen LogP contribution >= 0.6 is 0 Å². The second-order valence-corrected chi connectivity index (χ2v) is 8.40. The van der Waals surface area contributed by atoms with Crippen molar-refractivity contribution in [3.63, 3.8) is 0 Å². The van der Waals surface area contributed by atoms with Crippen molar-refractivity contribution in [3.8, 4) is 22.4 Å². The molecule has 3 aromatic rings. The second kappa shape index (κ2) is 5.81. The van der Waals surface area contributed by atoms with Crippen molar-refractivity contribution in [2.24, 2.45) is 0 Å². The minimum absolute atomic E-state index is 0.151. The van der Waals surface area contributed by atoms with Crippen LogP contribution in [0.2, 0.25) is 0 Å². The Bertz CT molecular complexity index is 983. The Balaban J connectivity index is 1.88. The number of aryl methyl sites for hydroxylation is 1. The van der Waals surface area contributed by atoms with E-state index in [1.165, 1.54) is 57.6 Å². The largest absolute Gasteiger partial charge is 0.252 e. The number of fused-ring (bicyclic) bond motifs is 4. The maximum atomic E-state index is 5.33. The standard InChI is InChI=1S/C25H25N/c1-25(2)16-8-13-21-22(18-10-4-3-5-11-18)20-15-14-17-9-6-7-12-19(17)23(20)26-24(21)25/h3-7,9-12H,8,13-16H2,1-2H3. The molecule has 0 aliphatic heterocycles. The van der Waals surface area contributed by atoms with E-state index in [-0.39, 0.29) is 5.41 Å². The van der Waals surface area contributed by atoms with Crippen molar-refractivity contribution in [3.05, 3.63) is 77.0 Å². The second-order valence-electron chi connectivity index (χ2n) is 8.40. The molecule has 1 heteroatoms. The first kappa shape index (κ1) is 15.8. The van der Waals surface area contributed by atoms with Crippen LogP contribution in [0.4, 0.5) is 0 Å². The van der Waals surface area contributed by atoms with Crippen LogP contribution in [-0.4, -0.2) is 4.98 Å². The molecule has 130 valence electrons. The van der Waals surface area contributed by atoms with Gasteiger partial charge in [0.15, 0.2) is 0 Å². The Morgan fingerprint density at radius 2 is 1.58 bits per heavy atom. The van der Waals surface area contributed by atoms with E-state index in [9.17, 15) is 0 Å². The molecule has 0 saturated heterocycles. The number of pyridine rings is 1. The quantitative estimate of drug-likeness (QED) is 0.520. The van der Waals surface area contributed by atoms with E-state index in [0.717, 1.165) is 19.3 Å². The molecule has 0 amide bonds. The zero-order valence-electron chi connectivity index (χ0n) is 15.7. The van der Waals surface area contributed by atoms with E-state index in [4.69, 9.17) is 4.98 Å². The van der Waals surface area contributed by atoms with Crippen LogP contribution in [0.15, 0.2) is 54.6 Å². The van der Waals surface area contributed by atoms with Crippen LogP contribution in [0.25, 0.3) is 22.4 Å². The minimum Gasteiger partial charge on any atom is -0.252 e. The Kier molecular flexibility index (Phi) is 3.53. The molecule has 26 heavy (non-hydrogen) atoms. The van der Waals surface area contributed by atoms with Crippen molar-refractivity contribution in [2.75, 3.05) is 0 Å². The van der Waals surface area contributed by atoms with Gasteiger partial charge in [-0.2, -0.15) is 0 Å². The molecule has 0 unspecified atom stereocenters. The summed E-state index contributed by atoms with van der Waals surface area (Å²) in [6, 6.07) is 19.8. The van der Waals surface area contributed by atoms with Crippen LogP contribution < -0.4 is 0 Å². The zero-order chi connectivity index (χ0) is 17.7. The van der Waals surface area contributed by atoms with Gasteiger partial charge >= 0.3 is 0 Å². The summed E-state index contributed by atoms with van der Waals surface area (Å²) < 4.78 is 0. The van der Waals surface area contributed by atoms with Crippen molar-refractivity contribution in [2.45, 2.75) is 51.4 Å². The lowest BCUT2D eigenvalue weighted by Gasteiger charge is -2.35. The number of benzene rings is 2. The molecular formula is C25H25N. The lowest BCUT2D eigenvalue weighted by Crippen LogP contribution is -2.27. The highest BCUT2D eigenvalue weighted by Crippen LogP contribution is 2.46. The molecule has 0 saturated carbocycles. The van der Waals surface area contributed by atoms with Crippen LogP contribution in [0.5, 0.6) is 0 Å². The summed E-state index contributed by atoms with van der Waals surface area (Å²) in [4.78, 5) is 5.33. The van der Waals surface area contributed by atoms with Crippen molar-refractivity contribution in [1.29, 1.82) is 0 Å². The molecular weight excluding hydrogens is 314 g/mol. The minimum atomic E-state index is 0.151. The molecule has 0 spiro atoms. The number of aromatic nitrogens is 1. The maximum Gasteiger partial charge on any atom is 0.0746 e. The van der Waals surface area contributed by atoms with Gasteiger partial charge in [-0.3, -0.25) is 4.98 Å². The molecule has 1 heterocycles. The van der Waals surface area contributed by atoms with Crippen molar-refractivity contribution in [1.82, 2.24) is 4.98 Å². The molecule has 0 atom stereocenters. The summed E-state index contributed by atoms with van der Waals surface area (Å²) in [6.45, 7) is 4.74. The molecule has 0 bridgehead atoms. The number of hydrogen-bond acceptors (Lipinski definition) is 1. The first-order valence-corrected chi connectivity index (χ1v) is 9.85. The third kappa shape index (κ3) is 2.34. The van der Waals surface area contributed by atoms with Gasteiger partial charge in [0.1, 0.15) is 0 Å². The summed E-state index contributed by atoms with van der Waals surface area (Å²) in [5, 5.41) is 0. The molecule has 1 aromatic heterocycles. The summed E-state index contributed by atoms with van der Waals surface area (Å²) >= 11 is 0. The van der Waals surface area contributed by atoms with E-state index in [1.54, 1.807) is 0 Å². The van der Waals surface area contributed by atoms with Gasteiger partial charge < -0.3 is 0 Å². The average Bonchev–Trinajstić information content (AvgIpc) is 2.67. The van der Waals surface area contributed by atoms with Gasteiger partial charge in [-0.15, -0.1) is 0 Å². The fourth-order valence-corrected chi connectivity index (χ4v) is 4.94. The van der Waals surface area contributed by atoms with Crippen molar-refractivity contribution >= 4 is 0 Å². The van der Waals surface area contributed by atoms with Gasteiger partial charge in [0, 0.05) is 11.0 Å². The molecule has 0 N–H and O–H groups in total. The summed E-state index contributed by atoms with van der Waals surface area (Å²) in [7, 11) is 0. The Morgan fingerprint density at radius 3 is 2.42 bits per heavy atom. The topological polar surface area (TPSA) is 12.9 Å². The molecule has 1 nitrogen and oxygen atoms in total. The van der Waals surface area contributed by atoms with Gasteiger partial charge in [0.05, 0.1) is 11.4 Å². The SMILES string of the molecule is CC1(C)CCCc2c1nc1c(c2-c2ccccc2)CCc2ccccc2-1. The molecule has 2 aliphatic carbocycles. The van der Waals surface area contributed by atoms with Crippen LogP contribution in [0, 0.1) is 0 Å². The highest BCUT2D eigenvalue weighted by atomic mass is 14.8. The monoisotopic (exact) mass is 339 g/mol. The van der Waals surface area contributed by atoms with Crippen LogP contribution in [0.3, 0.4) is 0 Å². The summed E-state index contributed by atoms with van der Waals surface area (Å²) in [6.07, 6.45) is 5.85. The lowest BCUT2D eigenvalue weighted by molar-refractivity contribution is 0.418. The van der Waals surface area contributed by atoms with Gasteiger partial charge in [0.2, 0.25) is 0 Å². The fraction of sp³-hybridized carbons (Fsp3) is 0.320. The van der Waals surface area contributed by atoms with E-state index in [1.807, 2.05) is 0 Å². The van der Waals surface area contributed by atoms with Gasteiger partial charge in [-0.05, 0) is 59.9 Å². The summed E-state index contributed by atoms with van der Waals surface area (Å²) in [5.41, 5.74) is 11.3. The van der Waals surface area contributed by atoms with E-state index >= 15 is 0 Å². The third-order valence-electron chi connectivity index (χ3n) is 6.25. The van der Waals surface area contributed by atoms with Crippen LogP contribution in [-0.2, 0) is 24.7 Å². The predicted octanol–water partition coefficient (Wildman–Crippen LogP) is 6.13. The highest BCUT2D eigenvalue weighted by molar-refractivity contribution is 5.82. The van der Waals surface area contributed by atoms with E-state index < -0.39 is 0 Å². The smallest absolute Gasteiger partial charge is 0.0746 e. The van der Waals surface area contributed by atoms with Gasteiger partial charge in [-0.25, -0.2) is 0 Å². The Labute approximate surface area is 156 Å². The van der Waals surface area contributed by atoms with E-state index in [0.29, 0.717) is 0 Å². The normalized spacial score (nSPS) is 17.2. The number of hydrogen-bond donors (Lipinski definition) is 0. The molecule has 5 rings (SSSR count). The predicted molar refractivity (Wildman–Crippen MR) is 108 cm³/mol. The zero-order valence-corrected chi connectivity index (χ0v) is 15.7. The fourth-order valence-electron chi connectivity index (χ4n) is 4.94. The molecule has 2 aromatic carbocycles. The number of nitrogens with zero attached hydrogens (tertiary/aromatic N) is 1. The van der Waals surface area contributed by atoms with Crippen molar-refractivity contribution < 1.29 is 0 Å². The average molecular weight is 339 g/mol. The molecule has 0 radical (unpaired) electrons. The first-order valence-electron chi connectivity index (χ1n) is 9.85. The Hall–Kier alpha value is -2.41. The summed E-state index contributed by atoms with van der Waals surface area (Å²) in [5.74, 6) is 0. The molecule has 2 aliphatic rings. The first-order chi connectivity index (χ1) is 12.6. The highest BCUT2D eigenvalue weighted by Gasteiger charge is 2.34. The van der Waals surface area contributed by atoms with Gasteiger partial charge in [0.25, 0.3) is 0 Å².